The van der Waals surface area contributed by atoms with E-state index in [9.17, 15) is 4.79 Å². The second-order valence-electron chi connectivity index (χ2n) is 4.52. The van der Waals surface area contributed by atoms with Gasteiger partial charge in [-0.3, -0.25) is 9.78 Å². The minimum absolute atomic E-state index is 0.0800. The predicted molar refractivity (Wildman–Crippen MR) is 67.9 cm³/mol. The number of carbonyl (C=O) groups is 1. The molecular formula is C14H19NO3. The highest BCUT2D eigenvalue weighted by Gasteiger charge is 2.20. The summed E-state index contributed by atoms with van der Waals surface area (Å²) in [7, 11) is 0. The standard InChI is InChI=1S/C14H19NO3/c1-2-5-17-13-7-11(9-15-10-13)14(16)8-12-4-3-6-18-12/h7,9-10,12H,2-6,8H2,1H3. The van der Waals surface area contributed by atoms with Crippen LogP contribution in [0.3, 0.4) is 0 Å². The van der Waals surface area contributed by atoms with Crippen LogP contribution in [0.2, 0.25) is 0 Å². The molecule has 1 saturated heterocycles. The van der Waals surface area contributed by atoms with Crippen molar-refractivity contribution in [2.75, 3.05) is 13.2 Å². The molecule has 1 fully saturated rings. The Labute approximate surface area is 107 Å². The number of hydrogen-bond acceptors (Lipinski definition) is 4. The number of nitrogens with zero attached hydrogens (tertiary/aromatic N) is 1. The van der Waals surface area contributed by atoms with Crippen molar-refractivity contribution in [2.24, 2.45) is 0 Å². The fraction of sp³-hybridized carbons (Fsp3) is 0.571. The summed E-state index contributed by atoms with van der Waals surface area (Å²) in [5.41, 5.74) is 0.610. The lowest BCUT2D eigenvalue weighted by atomic mass is 10.1. The van der Waals surface area contributed by atoms with E-state index in [0.717, 1.165) is 25.9 Å². The van der Waals surface area contributed by atoms with Gasteiger partial charge in [0.25, 0.3) is 0 Å². The fourth-order valence-corrected chi connectivity index (χ4v) is 2.00. The largest absolute Gasteiger partial charge is 0.492 e. The van der Waals surface area contributed by atoms with Crippen molar-refractivity contribution in [3.05, 3.63) is 24.0 Å². The van der Waals surface area contributed by atoms with Gasteiger partial charge in [0.15, 0.2) is 5.78 Å². The molecule has 1 atom stereocenters. The van der Waals surface area contributed by atoms with Crippen LogP contribution in [0.5, 0.6) is 5.75 Å². The molecule has 0 N–H and O–H groups in total. The molecule has 2 rings (SSSR count). The number of aromatic nitrogens is 1. The molecule has 4 heteroatoms. The van der Waals surface area contributed by atoms with Gasteiger partial charge in [0.2, 0.25) is 0 Å². The molecule has 0 spiro atoms. The molecule has 4 nitrogen and oxygen atoms in total. The highest BCUT2D eigenvalue weighted by atomic mass is 16.5. The molecule has 1 aliphatic heterocycles. The van der Waals surface area contributed by atoms with E-state index in [2.05, 4.69) is 4.98 Å². The first-order chi connectivity index (χ1) is 8.79. The summed E-state index contributed by atoms with van der Waals surface area (Å²) in [5.74, 6) is 0.742. The van der Waals surface area contributed by atoms with Crippen LogP contribution in [-0.4, -0.2) is 30.1 Å². The second-order valence-corrected chi connectivity index (χ2v) is 4.52. The number of rotatable bonds is 6. The van der Waals surface area contributed by atoms with Crippen molar-refractivity contribution >= 4 is 5.78 Å². The van der Waals surface area contributed by atoms with E-state index < -0.39 is 0 Å². The Kier molecular flexibility index (Phi) is 4.70. The summed E-state index contributed by atoms with van der Waals surface area (Å²) >= 11 is 0. The van der Waals surface area contributed by atoms with Gasteiger partial charge in [0.05, 0.1) is 18.9 Å². The minimum Gasteiger partial charge on any atom is -0.492 e. The molecule has 2 heterocycles. The summed E-state index contributed by atoms with van der Waals surface area (Å²) in [6.07, 6.45) is 6.72. The Morgan fingerprint density at radius 1 is 1.56 bits per heavy atom. The number of ether oxygens (including phenoxy) is 2. The van der Waals surface area contributed by atoms with Gasteiger partial charge in [-0.1, -0.05) is 6.92 Å². The average molecular weight is 249 g/mol. The van der Waals surface area contributed by atoms with E-state index in [1.807, 2.05) is 6.92 Å². The quantitative estimate of drug-likeness (QED) is 0.727. The van der Waals surface area contributed by atoms with Gasteiger partial charge in [0, 0.05) is 24.8 Å². The Morgan fingerprint density at radius 3 is 3.17 bits per heavy atom. The maximum absolute atomic E-state index is 12.1. The van der Waals surface area contributed by atoms with E-state index in [-0.39, 0.29) is 11.9 Å². The van der Waals surface area contributed by atoms with Crippen LogP contribution in [0.4, 0.5) is 0 Å². The third-order valence-electron chi connectivity index (χ3n) is 2.95. The first kappa shape index (κ1) is 13.0. The zero-order valence-corrected chi connectivity index (χ0v) is 10.7. The SMILES string of the molecule is CCCOc1cncc(C(=O)CC2CCCO2)c1. The van der Waals surface area contributed by atoms with Crippen LogP contribution in [-0.2, 0) is 4.74 Å². The summed E-state index contributed by atoms with van der Waals surface area (Å²) < 4.78 is 10.9. The van der Waals surface area contributed by atoms with E-state index in [0.29, 0.717) is 24.3 Å². The van der Waals surface area contributed by atoms with E-state index in [1.165, 1.54) is 0 Å². The van der Waals surface area contributed by atoms with Crippen LogP contribution in [0.25, 0.3) is 0 Å². The van der Waals surface area contributed by atoms with Crippen molar-refractivity contribution in [1.29, 1.82) is 0 Å². The van der Waals surface area contributed by atoms with Gasteiger partial charge in [-0.15, -0.1) is 0 Å². The number of pyridine rings is 1. The second kappa shape index (κ2) is 6.50. The highest BCUT2D eigenvalue weighted by molar-refractivity contribution is 5.96. The number of ketones is 1. The molecule has 0 aliphatic carbocycles. The van der Waals surface area contributed by atoms with Crippen molar-refractivity contribution in [3.8, 4) is 5.75 Å². The summed E-state index contributed by atoms with van der Waals surface area (Å²) in [4.78, 5) is 16.1. The number of carbonyl (C=O) groups excluding carboxylic acids is 1. The molecule has 0 bridgehead atoms. The zero-order chi connectivity index (χ0) is 12.8. The Balaban J connectivity index is 1.96. The van der Waals surface area contributed by atoms with Crippen molar-refractivity contribution in [2.45, 2.75) is 38.7 Å². The average Bonchev–Trinajstić information content (AvgIpc) is 2.89. The Morgan fingerprint density at radius 2 is 2.44 bits per heavy atom. The molecular weight excluding hydrogens is 230 g/mol. The summed E-state index contributed by atoms with van der Waals surface area (Å²) in [6.45, 7) is 3.46. The van der Waals surface area contributed by atoms with Crippen LogP contribution >= 0.6 is 0 Å². The molecule has 1 unspecified atom stereocenters. The molecule has 0 saturated carbocycles. The third kappa shape index (κ3) is 3.53. The molecule has 18 heavy (non-hydrogen) atoms. The molecule has 1 aliphatic rings. The van der Waals surface area contributed by atoms with Gasteiger partial charge >= 0.3 is 0 Å². The maximum Gasteiger partial charge on any atom is 0.167 e. The molecule has 98 valence electrons. The monoisotopic (exact) mass is 249 g/mol. The predicted octanol–water partition coefficient (Wildman–Crippen LogP) is 2.62. The Bertz CT molecular complexity index is 400. The number of hydrogen-bond donors (Lipinski definition) is 0. The molecule has 0 amide bonds. The zero-order valence-electron chi connectivity index (χ0n) is 10.7. The summed E-state index contributed by atoms with van der Waals surface area (Å²) in [6, 6.07) is 1.76. The lowest BCUT2D eigenvalue weighted by Crippen LogP contribution is -2.13. The minimum atomic E-state index is 0.0800. The van der Waals surface area contributed by atoms with Crippen LogP contribution in [0.15, 0.2) is 18.5 Å². The van der Waals surface area contributed by atoms with Gasteiger partial charge in [-0.05, 0) is 25.3 Å². The lowest BCUT2D eigenvalue weighted by molar-refractivity contribution is 0.0775. The smallest absolute Gasteiger partial charge is 0.167 e. The fourth-order valence-electron chi connectivity index (χ4n) is 2.00. The first-order valence-electron chi connectivity index (χ1n) is 6.52. The van der Waals surface area contributed by atoms with Gasteiger partial charge in [0.1, 0.15) is 5.75 Å². The van der Waals surface area contributed by atoms with Crippen molar-refractivity contribution < 1.29 is 14.3 Å². The van der Waals surface area contributed by atoms with E-state index >= 15 is 0 Å². The highest BCUT2D eigenvalue weighted by Crippen LogP contribution is 2.19. The van der Waals surface area contributed by atoms with Gasteiger partial charge < -0.3 is 9.47 Å². The molecule has 1 aromatic rings. The molecule has 0 radical (unpaired) electrons. The van der Waals surface area contributed by atoms with Gasteiger partial charge in [-0.25, -0.2) is 0 Å². The summed E-state index contributed by atoms with van der Waals surface area (Å²) in [5, 5.41) is 0. The first-order valence-corrected chi connectivity index (χ1v) is 6.52. The van der Waals surface area contributed by atoms with Crippen LogP contribution in [0, 0.1) is 0 Å². The normalized spacial score (nSPS) is 18.8. The van der Waals surface area contributed by atoms with Crippen molar-refractivity contribution in [3.63, 3.8) is 0 Å². The van der Waals surface area contributed by atoms with Crippen LogP contribution in [0.1, 0.15) is 43.0 Å². The van der Waals surface area contributed by atoms with Crippen LogP contribution < -0.4 is 4.74 Å². The topological polar surface area (TPSA) is 48.4 Å². The maximum atomic E-state index is 12.1. The van der Waals surface area contributed by atoms with Gasteiger partial charge in [-0.2, -0.15) is 0 Å². The molecule has 1 aromatic heterocycles. The van der Waals surface area contributed by atoms with E-state index in [1.54, 1.807) is 18.5 Å². The third-order valence-corrected chi connectivity index (χ3v) is 2.95. The lowest BCUT2D eigenvalue weighted by Gasteiger charge is -2.09. The molecule has 0 aromatic carbocycles. The van der Waals surface area contributed by atoms with E-state index in [4.69, 9.17) is 9.47 Å². The number of Topliss-reactive ketones (excluding diaryl/α,β-unsaturated/α-hetero) is 1. The van der Waals surface area contributed by atoms with Crippen molar-refractivity contribution in [1.82, 2.24) is 4.98 Å². The Hall–Kier alpha value is -1.42.